The van der Waals surface area contributed by atoms with Crippen LogP contribution in [-0.4, -0.2) is 26.2 Å². The predicted octanol–water partition coefficient (Wildman–Crippen LogP) is 1.75. The third-order valence-electron chi connectivity index (χ3n) is 3.81. The summed E-state index contributed by atoms with van der Waals surface area (Å²) in [4.78, 5) is 0.914. The Kier molecular flexibility index (Phi) is 3.68. The van der Waals surface area contributed by atoms with E-state index in [1.54, 1.807) is 12.1 Å². The maximum atomic E-state index is 12.4. The average Bonchev–Trinajstić information content (AvgIpc) is 3.27. The lowest BCUT2D eigenvalue weighted by Gasteiger charge is -2.16. The molecule has 0 spiro atoms. The average molecular weight is 301 g/mol. The normalized spacial score (nSPS) is 20.1. The summed E-state index contributed by atoms with van der Waals surface area (Å²) in [5, 5.41) is 8.88. The first-order valence-corrected chi connectivity index (χ1v) is 9.12. The second-order valence-electron chi connectivity index (χ2n) is 5.52. The lowest BCUT2D eigenvalue weighted by molar-refractivity contribution is 0.300. The van der Waals surface area contributed by atoms with Gasteiger partial charge in [0.2, 0.25) is 10.0 Å². The van der Waals surface area contributed by atoms with Crippen LogP contribution in [0.25, 0.3) is 0 Å². The predicted molar refractivity (Wildman–Crippen MR) is 74.7 cm³/mol. The van der Waals surface area contributed by atoms with Gasteiger partial charge in [0.25, 0.3) is 0 Å². The number of nitrogens with one attached hydrogen (secondary N) is 1. The zero-order chi connectivity index (χ0) is 13.5. The van der Waals surface area contributed by atoms with Crippen LogP contribution in [0.3, 0.4) is 0 Å². The van der Waals surface area contributed by atoms with E-state index < -0.39 is 10.0 Å². The summed E-state index contributed by atoms with van der Waals surface area (Å²) in [5.41, 5.74) is 0. The molecule has 0 saturated heterocycles. The largest absolute Gasteiger partial charge is 0.396 e. The zero-order valence-electron chi connectivity index (χ0n) is 10.7. The molecule has 0 aromatic carbocycles. The molecule has 0 unspecified atom stereocenters. The van der Waals surface area contributed by atoms with Gasteiger partial charge in [0.15, 0.2) is 0 Å². The molecule has 1 aromatic rings. The molecule has 0 aliphatic heterocycles. The minimum absolute atomic E-state index is 0.0558. The molecule has 1 aromatic heterocycles. The molecule has 0 radical (unpaired) electrons. The van der Waals surface area contributed by atoms with Crippen molar-refractivity contribution in [1.29, 1.82) is 0 Å². The molecule has 3 rings (SSSR count). The van der Waals surface area contributed by atoms with Gasteiger partial charge in [-0.25, -0.2) is 13.1 Å². The standard InChI is InChI=1S/C13H19NO3S2/c15-8-7-11-5-6-12(18-11)19(16,17)14-13(9-1-2-9)10-3-4-10/h5-6,9-10,13-15H,1-4,7-8H2. The van der Waals surface area contributed by atoms with Crippen molar-refractivity contribution in [3.63, 3.8) is 0 Å². The van der Waals surface area contributed by atoms with Crippen LogP contribution < -0.4 is 4.72 Å². The van der Waals surface area contributed by atoms with E-state index in [0.717, 1.165) is 30.6 Å². The maximum absolute atomic E-state index is 12.4. The Morgan fingerprint density at radius 3 is 2.42 bits per heavy atom. The lowest BCUT2D eigenvalue weighted by Crippen LogP contribution is -2.37. The number of hydrogen-bond acceptors (Lipinski definition) is 4. The summed E-state index contributed by atoms with van der Waals surface area (Å²) < 4.78 is 28.0. The van der Waals surface area contributed by atoms with Crippen molar-refractivity contribution >= 4 is 21.4 Å². The van der Waals surface area contributed by atoms with Gasteiger partial charge in [-0.05, 0) is 49.7 Å². The van der Waals surface area contributed by atoms with Gasteiger partial charge in [0.1, 0.15) is 4.21 Å². The van der Waals surface area contributed by atoms with E-state index in [1.807, 2.05) is 0 Å². The Morgan fingerprint density at radius 1 is 1.26 bits per heavy atom. The fourth-order valence-electron chi connectivity index (χ4n) is 2.47. The Labute approximate surface area is 117 Å². The molecule has 2 aliphatic rings. The molecule has 106 valence electrons. The molecule has 0 atom stereocenters. The summed E-state index contributed by atoms with van der Waals surface area (Å²) in [6.45, 7) is 0.0558. The van der Waals surface area contributed by atoms with Gasteiger partial charge in [0, 0.05) is 23.9 Å². The fraction of sp³-hybridized carbons (Fsp3) is 0.692. The van der Waals surface area contributed by atoms with Crippen molar-refractivity contribution in [3.05, 3.63) is 17.0 Å². The highest BCUT2D eigenvalue weighted by atomic mass is 32.2. The van der Waals surface area contributed by atoms with E-state index in [-0.39, 0.29) is 12.6 Å². The third kappa shape index (κ3) is 3.18. The molecule has 6 heteroatoms. The molecule has 2 saturated carbocycles. The molecule has 2 N–H and O–H groups in total. The molecule has 2 aliphatic carbocycles. The second-order valence-corrected chi connectivity index (χ2v) is 8.63. The van der Waals surface area contributed by atoms with Gasteiger partial charge in [-0.3, -0.25) is 0 Å². The second kappa shape index (κ2) is 5.16. The lowest BCUT2D eigenvalue weighted by atomic mass is 10.1. The van der Waals surface area contributed by atoms with Gasteiger partial charge >= 0.3 is 0 Å². The number of aliphatic hydroxyl groups is 1. The van der Waals surface area contributed by atoms with E-state index in [9.17, 15) is 8.42 Å². The van der Waals surface area contributed by atoms with Crippen LogP contribution in [0.2, 0.25) is 0 Å². The summed E-state index contributed by atoms with van der Waals surface area (Å²) in [6.07, 6.45) is 5.15. The molecule has 2 fully saturated rings. The maximum Gasteiger partial charge on any atom is 0.250 e. The molecule has 0 amide bonds. The molecule has 0 bridgehead atoms. The van der Waals surface area contributed by atoms with E-state index >= 15 is 0 Å². The third-order valence-corrected chi connectivity index (χ3v) is 6.91. The molecule has 4 nitrogen and oxygen atoms in total. The highest BCUT2D eigenvalue weighted by molar-refractivity contribution is 7.91. The Balaban J connectivity index is 1.73. The zero-order valence-corrected chi connectivity index (χ0v) is 12.3. The van der Waals surface area contributed by atoms with Gasteiger partial charge in [-0.1, -0.05) is 0 Å². The number of aliphatic hydroxyl groups excluding tert-OH is 1. The van der Waals surface area contributed by atoms with Crippen LogP contribution >= 0.6 is 11.3 Å². The number of thiophene rings is 1. The first-order chi connectivity index (χ1) is 9.10. The molecular formula is C13H19NO3S2. The molecule has 19 heavy (non-hydrogen) atoms. The van der Waals surface area contributed by atoms with Crippen molar-refractivity contribution in [3.8, 4) is 0 Å². The smallest absolute Gasteiger partial charge is 0.250 e. The first kappa shape index (κ1) is 13.5. The number of sulfonamides is 1. The fourth-order valence-corrected chi connectivity index (χ4v) is 5.21. The highest BCUT2D eigenvalue weighted by Gasteiger charge is 2.43. The summed E-state index contributed by atoms with van der Waals surface area (Å²) in [6, 6.07) is 3.58. The van der Waals surface area contributed by atoms with Crippen LogP contribution in [0, 0.1) is 11.8 Å². The van der Waals surface area contributed by atoms with Crippen molar-refractivity contribution in [2.75, 3.05) is 6.61 Å². The van der Waals surface area contributed by atoms with Crippen molar-refractivity contribution in [2.45, 2.75) is 42.4 Å². The quantitative estimate of drug-likeness (QED) is 0.806. The Hall–Kier alpha value is -0.430. The van der Waals surface area contributed by atoms with E-state index in [1.165, 1.54) is 11.3 Å². The van der Waals surface area contributed by atoms with Gasteiger partial charge in [-0.2, -0.15) is 0 Å². The van der Waals surface area contributed by atoms with Crippen molar-refractivity contribution in [1.82, 2.24) is 4.72 Å². The van der Waals surface area contributed by atoms with Crippen molar-refractivity contribution in [2.24, 2.45) is 11.8 Å². The van der Waals surface area contributed by atoms with Crippen LogP contribution in [0.5, 0.6) is 0 Å². The van der Waals surface area contributed by atoms with Crippen LogP contribution in [0.1, 0.15) is 30.6 Å². The minimum atomic E-state index is -3.38. The Morgan fingerprint density at radius 2 is 1.89 bits per heavy atom. The van der Waals surface area contributed by atoms with Gasteiger partial charge in [-0.15, -0.1) is 11.3 Å². The summed E-state index contributed by atoms with van der Waals surface area (Å²) >= 11 is 1.26. The van der Waals surface area contributed by atoms with Crippen molar-refractivity contribution < 1.29 is 13.5 Å². The SMILES string of the molecule is O=S(=O)(NC(C1CC1)C1CC1)c1ccc(CCO)s1. The topological polar surface area (TPSA) is 66.4 Å². The van der Waals surface area contributed by atoms with Gasteiger partial charge < -0.3 is 5.11 Å². The van der Waals surface area contributed by atoms with E-state index in [0.29, 0.717) is 22.5 Å². The van der Waals surface area contributed by atoms with Gasteiger partial charge in [0.05, 0.1) is 0 Å². The number of rotatable bonds is 7. The molecule has 1 heterocycles. The first-order valence-electron chi connectivity index (χ1n) is 6.82. The van der Waals surface area contributed by atoms with Crippen LogP contribution in [-0.2, 0) is 16.4 Å². The van der Waals surface area contributed by atoms with E-state index in [2.05, 4.69) is 4.72 Å². The van der Waals surface area contributed by atoms with Crippen LogP contribution in [0.4, 0.5) is 0 Å². The minimum Gasteiger partial charge on any atom is -0.396 e. The van der Waals surface area contributed by atoms with E-state index in [4.69, 9.17) is 5.11 Å². The number of hydrogen-bond donors (Lipinski definition) is 2. The Bertz CT molecular complexity index is 532. The summed E-state index contributed by atoms with van der Waals surface area (Å²) in [7, 11) is -3.38. The van der Waals surface area contributed by atoms with Crippen LogP contribution in [0.15, 0.2) is 16.3 Å². The monoisotopic (exact) mass is 301 g/mol. The summed E-state index contributed by atoms with van der Waals surface area (Å²) in [5.74, 6) is 1.11. The molecular weight excluding hydrogens is 282 g/mol. The highest BCUT2D eigenvalue weighted by Crippen LogP contribution is 2.45.